The molecule has 0 radical (unpaired) electrons. The number of hydrogen-bond acceptors (Lipinski definition) is 6. The van der Waals surface area contributed by atoms with Crippen molar-refractivity contribution in [2.24, 2.45) is 11.8 Å². The van der Waals surface area contributed by atoms with Crippen LogP contribution in [0.1, 0.15) is 53.9 Å². The molecule has 3 aliphatic heterocycles. The van der Waals surface area contributed by atoms with E-state index in [-0.39, 0.29) is 42.0 Å². The van der Waals surface area contributed by atoms with Crippen molar-refractivity contribution in [3.8, 4) is 0 Å². The van der Waals surface area contributed by atoms with Gasteiger partial charge in [0.2, 0.25) is 11.8 Å². The van der Waals surface area contributed by atoms with Crippen molar-refractivity contribution in [1.82, 2.24) is 20.5 Å². The Balaban J connectivity index is 1.38. The molecule has 2 bridgehead atoms. The van der Waals surface area contributed by atoms with Gasteiger partial charge in [-0.25, -0.2) is 0 Å². The third kappa shape index (κ3) is 4.13. The number of nitrogens with one attached hydrogen (secondary N) is 3. The summed E-state index contributed by atoms with van der Waals surface area (Å²) in [6, 6.07) is 2.21. The Bertz CT molecular complexity index is 1100. The minimum atomic E-state index is -0.956. The van der Waals surface area contributed by atoms with Crippen molar-refractivity contribution in [2.45, 2.75) is 63.6 Å². The van der Waals surface area contributed by atoms with E-state index >= 15 is 0 Å². The minimum Gasteiger partial charge on any atom is -0.389 e. The van der Waals surface area contributed by atoms with E-state index in [1.807, 2.05) is 19.1 Å². The van der Waals surface area contributed by atoms with E-state index in [0.717, 1.165) is 40.8 Å². The van der Waals surface area contributed by atoms with Crippen molar-refractivity contribution < 1.29 is 24.3 Å². The molecule has 10 heteroatoms. The zero-order chi connectivity index (χ0) is 24.0. The maximum Gasteiger partial charge on any atom is 0.271 e. The minimum absolute atomic E-state index is 0.0203. The molecule has 182 valence electrons. The number of piperidine rings is 2. The van der Waals surface area contributed by atoms with Gasteiger partial charge in [-0.3, -0.25) is 19.2 Å². The van der Waals surface area contributed by atoms with Crippen molar-refractivity contribution in [2.75, 3.05) is 13.2 Å². The number of aromatic amines is 1. The highest BCUT2D eigenvalue weighted by Gasteiger charge is 2.48. The van der Waals surface area contributed by atoms with Crippen LogP contribution in [0.2, 0.25) is 0 Å². The quantitative estimate of drug-likeness (QED) is 0.471. The SMILES string of the molecule is Cc1cc2[nH]c(C(=O)N3C4CCC(CC4)[C@@H]3C(=O)N[C@H](C[C@H]3CCNC3=O)C(=O)CO)cc2s1. The summed E-state index contributed by atoms with van der Waals surface area (Å²) in [7, 11) is 0. The Morgan fingerprint density at radius 3 is 2.62 bits per heavy atom. The van der Waals surface area contributed by atoms with E-state index in [1.54, 1.807) is 16.2 Å². The summed E-state index contributed by atoms with van der Waals surface area (Å²) in [4.78, 5) is 57.7. The highest BCUT2D eigenvalue weighted by molar-refractivity contribution is 7.19. The van der Waals surface area contributed by atoms with Crippen LogP contribution in [0.15, 0.2) is 12.1 Å². The van der Waals surface area contributed by atoms with E-state index < -0.39 is 24.5 Å². The van der Waals surface area contributed by atoms with Gasteiger partial charge in [0.25, 0.3) is 5.91 Å². The van der Waals surface area contributed by atoms with Gasteiger partial charge in [-0.05, 0) is 63.5 Å². The standard InChI is InChI=1S/C24H30N4O5S/c1-12-8-17-20(34-12)10-18(26-17)24(33)28-15-4-2-13(3-5-15)21(28)23(32)27-16(19(30)11-29)9-14-6-7-25-22(14)31/h8,10,13-16,21,26,29H,2-7,9,11H2,1H3,(H,25,31)(H,27,32)/t13?,14-,15?,16-,21-/m1/s1. The molecule has 3 amide bonds. The van der Waals surface area contributed by atoms with Gasteiger partial charge in [0.15, 0.2) is 5.78 Å². The van der Waals surface area contributed by atoms with Crippen molar-refractivity contribution in [3.05, 3.63) is 22.7 Å². The maximum atomic E-state index is 13.6. The van der Waals surface area contributed by atoms with Crippen LogP contribution < -0.4 is 10.6 Å². The molecule has 3 atom stereocenters. The number of carbonyl (C=O) groups is 4. The molecule has 5 heterocycles. The van der Waals surface area contributed by atoms with Gasteiger partial charge < -0.3 is 25.6 Å². The van der Waals surface area contributed by atoms with Crippen LogP contribution in [-0.2, 0) is 14.4 Å². The first-order valence-electron chi connectivity index (χ1n) is 12.0. The molecule has 3 saturated heterocycles. The van der Waals surface area contributed by atoms with Crippen LogP contribution in [0.5, 0.6) is 0 Å². The number of Topliss-reactive ketones (excluding diaryl/α,β-unsaturated/α-hetero) is 1. The average Bonchev–Trinajstić information content (AvgIpc) is 3.52. The molecule has 4 N–H and O–H groups in total. The highest BCUT2D eigenvalue weighted by atomic mass is 32.1. The number of hydrogen-bond donors (Lipinski definition) is 4. The third-order valence-electron chi connectivity index (χ3n) is 7.59. The summed E-state index contributed by atoms with van der Waals surface area (Å²) < 4.78 is 1.01. The normalized spacial score (nSPS) is 27.1. The van der Waals surface area contributed by atoms with Gasteiger partial charge in [-0.15, -0.1) is 11.3 Å². The predicted molar refractivity (Wildman–Crippen MR) is 126 cm³/mol. The van der Waals surface area contributed by atoms with Gasteiger partial charge >= 0.3 is 0 Å². The van der Waals surface area contributed by atoms with Crippen LogP contribution in [0.25, 0.3) is 10.2 Å². The zero-order valence-corrected chi connectivity index (χ0v) is 20.0. The summed E-state index contributed by atoms with van der Waals surface area (Å²) >= 11 is 1.61. The Labute approximate surface area is 201 Å². The molecule has 6 rings (SSSR count). The fraction of sp³-hybridized carbons (Fsp3) is 0.583. The fourth-order valence-corrected chi connectivity index (χ4v) is 6.80. The monoisotopic (exact) mass is 486 g/mol. The molecule has 4 fully saturated rings. The number of aliphatic hydroxyl groups excluding tert-OH is 1. The molecule has 9 nitrogen and oxygen atoms in total. The van der Waals surface area contributed by atoms with Crippen LogP contribution >= 0.6 is 11.3 Å². The molecular weight excluding hydrogens is 456 g/mol. The molecule has 2 aromatic heterocycles. The Morgan fingerprint density at radius 2 is 1.97 bits per heavy atom. The van der Waals surface area contributed by atoms with Gasteiger partial charge in [0.1, 0.15) is 18.3 Å². The highest BCUT2D eigenvalue weighted by Crippen LogP contribution is 2.41. The lowest BCUT2D eigenvalue weighted by Gasteiger charge is -2.50. The number of nitrogens with zero attached hydrogens (tertiary/aromatic N) is 1. The second-order valence-electron chi connectivity index (χ2n) is 9.74. The molecule has 0 spiro atoms. The molecular formula is C24H30N4O5S. The van der Waals surface area contributed by atoms with Gasteiger partial charge in [-0.2, -0.15) is 0 Å². The summed E-state index contributed by atoms with van der Waals surface area (Å²) in [5.74, 6) is -1.59. The second kappa shape index (κ2) is 9.14. The first-order chi connectivity index (χ1) is 16.4. The van der Waals surface area contributed by atoms with E-state index in [4.69, 9.17) is 0 Å². The van der Waals surface area contributed by atoms with Crippen molar-refractivity contribution in [3.63, 3.8) is 0 Å². The molecule has 0 unspecified atom stereocenters. The van der Waals surface area contributed by atoms with Crippen LogP contribution in [-0.4, -0.2) is 69.8 Å². The smallest absolute Gasteiger partial charge is 0.271 e. The van der Waals surface area contributed by atoms with E-state index in [9.17, 15) is 24.3 Å². The lowest BCUT2D eigenvalue weighted by Crippen LogP contribution is -2.64. The van der Waals surface area contributed by atoms with Crippen molar-refractivity contribution >= 4 is 45.1 Å². The molecule has 1 aliphatic carbocycles. The first kappa shape index (κ1) is 23.0. The molecule has 2 aromatic rings. The van der Waals surface area contributed by atoms with Crippen LogP contribution in [0.4, 0.5) is 0 Å². The average molecular weight is 487 g/mol. The third-order valence-corrected chi connectivity index (χ3v) is 8.58. The summed E-state index contributed by atoms with van der Waals surface area (Å²) in [6.07, 6.45) is 4.17. The summed E-state index contributed by atoms with van der Waals surface area (Å²) in [6.45, 7) is 1.85. The lowest BCUT2D eigenvalue weighted by atomic mass is 9.74. The molecule has 0 aromatic carbocycles. The van der Waals surface area contributed by atoms with E-state index in [2.05, 4.69) is 15.6 Å². The van der Waals surface area contributed by atoms with Gasteiger partial charge in [0.05, 0.1) is 16.3 Å². The number of amides is 3. The van der Waals surface area contributed by atoms with Gasteiger partial charge in [-0.1, -0.05) is 0 Å². The second-order valence-corrected chi connectivity index (χ2v) is 11.0. The maximum absolute atomic E-state index is 13.6. The number of rotatable bonds is 7. The zero-order valence-electron chi connectivity index (χ0n) is 19.1. The van der Waals surface area contributed by atoms with Crippen LogP contribution in [0, 0.1) is 18.8 Å². The number of thiophene rings is 1. The number of fused-ring (bicyclic) bond motifs is 4. The van der Waals surface area contributed by atoms with Crippen molar-refractivity contribution in [1.29, 1.82) is 0 Å². The Hall–Kier alpha value is -2.72. The Morgan fingerprint density at radius 1 is 1.21 bits per heavy atom. The fourth-order valence-electron chi connectivity index (χ4n) is 5.88. The molecule has 4 aliphatic rings. The molecule has 34 heavy (non-hydrogen) atoms. The van der Waals surface area contributed by atoms with Gasteiger partial charge in [0, 0.05) is 23.4 Å². The van der Waals surface area contributed by atoms with Crippen LogP contribution in [0.3, 0.4) is 0 Å². The number of aliphatic hydroxyl groups is 1. The summed E-state index contributed by atoms with van der Waals surface area (Å²) in [5.41, 5.74) is 1.38. The first-order valence-corrected chi connectivity index (χ1v) is 12.8. The largest absolute Gasteiger partial charge is 0.389 e. The number of H-pyrrole nitrogens is 1. The molecule has 1 saturated carbocycles. The van der Waals surface area contributed by atoms with E-state index in [1.165, 1.54) is 0 Å². The summed E-state index contributed by atoms with van der Waals surface area (Å²) in [5, 5.41) is 15.0. The van der Waals surface area contributed by atoms with E-state index in [0.29, 0.717) is 18.7 Å². The number of ketones is 1. The topological polar surface area (TPSA) is 132 Å². The predicted octanol–water partition coefficient (Wildman–Crippen LogP) is 1.49. The number of aryl methyl sites for hydroxylation is 1. The number of carbonyl (C=O) groups excluding carboxylic acids is 4. The lowest BCUT2D eigenvalue weighted by molar-refractivity contribution is -0.137. The Kier molecular flexibility index (Phi) is 6.20. The number of aromatic nitrogens is 1.